The van der Waals surface area contributed by atoms with Crippen molar-refractivity contribution in [1.29, 1.82) is 0 Å². The number of sulfone groups is 1. The highest BCUT2D eigenvalue weighted by Gasteiger charge is 2.31. The molecule has 0 saturated heterocycles. The molecule has 0 aromatic carbocycles. The number of hydrogen-bond acceptors (Lipinski definition) is 2. The fourth-order valence-electron chi connectivity index (χ4n) is 1.45. The van der Waals surface area contributed by atoms with Crippen molar-refractivity contribution < 1.29 is 8.42 Å². The molecule has 11 heavy (non-hydrogen) atoms. The summed E-state index contributed by atoms with van der Waals surface area (Å²) in [5, 5.41) is -0.127. The van der Waals surface area contributed by atoms with Crippen molar-refractivity contribution in [3.8, 4) is 0 Å². The first-order chi connectivity index (χ1) is 5.12. The number of allylic oxidation sites excluding steroid dienone is 2. The molecule has 0 N–H and O–H groups in total. The van der Waals surface area contributed by atoms with Crippen molar-refractivity contribution in [1.82, 2.24) is 0 Å². The lowest BCUT2D eigenvalue weighted by molar-refractivity contribution is 0.586. The summed E-state index contributed by atoms with van der Waals surface area (Å²) in [6, 6.07) is 0. The molecular weight excluding hydrogens is 160 g/mol. The summed E-state index contributed by atoms with van der Waals surface area (Å²) in [4.78, 5) is 0.643. The summed E-state index contributed by atoms with van der Waals surface area (Å²) in [6.07, 6.45) is 3.98. The minimum Gasteiger partial charge on any atom is -0.224 e. The fourth-order valence-corrected chi connectivity index (χ4v) is 3.40. The first kappa shape index (κ1) is 8.78. The van der Waals surface area contributed by atoms with Crippen molar-refractivity contribution in [3.63, 3.8) is 0 Å². The Hall–Kier alpha value is -0.310. The molecule has 0 radical (unpaired) electrons. The molecule has 0 fully saturated rings. The zero-order chi connectivity index (χ0) is 8.48. The van der Waals surface area contributed by atoms with Crippen molar-refractivity contribution >= 4 is 9.84 Å². The van der Waals surface area contributed by atoms with E-state index in [9.17, 15) is 8.42 Å². The van der Waals surface area contributed by atoms with Crippen molar-refractivity contribution in [2.45, 2.75) is 38.4 Å². The monoisotopic (exact) mass is 174 g/mol. The molecule has 0 aliphatic carbocycles. The molecule has 1 rings (SSSR count). The van der Waals surface area contributed by atoms with E-state index in [1.807, 2.05) is 19.9 Å². The highest BCUT2D eigenvalue weighted by molar-refractivity contribution is 7.96. The standard InChI is InChI=1S/C8H14O2S/c1-3-7-5-6-8(4-2)11(7,9)10/h5,8H,3-4,6H2,1-2H3. The summed E-state index contributed by atoms with van der Waals surface area (Å²) < 4.78 is 23.0. The first-order valence-corrected chi connectivity index (χ1v) is 5.60. The van der Waals surface area contributed by atoms with E-state index in [1.54, 1.807) is 0 Å². The molecule has 1 unspecified atom stereocenters. The van der Waals surface area contributed by atoms with Gasteiger partial charge in [-0.2, -0.15) is 0 Å². The van der Waals surface area contributed by atoms with Gasteiger partial charge in [0, 0.05) is 4.91 Å². The summed E-state index contributed by atoms with van der Waals surface area (Å²) in [5.41, 5.74) is 0. The largest absolute Gasteiger partial charge is 0.224 e. The maximum Gasteiger partial charge on any atom is 0.177 e. The maximum atomic E-state index is 11.5. The van der Waals surface area contributed by atoms with Gasteiger partial charge < -0.3 is 0 Å². The summed E-state index contributed by atoms with van der Waals surface area (Å²) >= 11 is 0. The lowest BCUT2D eigenvalue weighted by Gasteiger charge is -2.06. The van der Waals surface area contributed by atoms with E-state index in [1.165, 1.54) is 0 Å². The summed E-state index contributed by atoms with van der Waals surface area (Å²) in [6.45, 7) is 3.82. The SMILES string of the molecule is CCC1=CCC(CC)S1(=O)=O. The molecule has 1 heterocycles. The van der Waals surface area contributed by atoms with Crippen LogP contribution in [0.2, 0.25) is 0 Å². The zero-order valence-electron chi connectivity index (χ0n) is 7.00. The van der Waals surface area contributed by atoms with Gasteiger partial charge in [-0.15, -0.1) is 0 Å². The fraction of sp³-hybridized carbons (Fsp3) is 0.750. The van der Waals surface area contributed by atoms with Gasteiger partial charge in [0.25, 0.3) is 0 Å². The van der Waals surface area contributed by atoms with Gasteiger partial charge in [-0.1, -0.05) is 19.9 Å². The van der Waals surface area contributed by atoms with Gasteiger partial charge in [-0.25, -0.2) is 8.42 Å². The minimum atomic E-state index is -2.87. The number of rotatable bonds is 2. The van der Waals surface area contributed by atoms with E-state index in [4.69, 9.17) is 0 Å². The second kappa shape index (κ2) is 2.97. The topological polar surface area (TPSA) is 34.1 Å². The molecule has 0 amide bonds. The van der Waals surface area contributed by atoms with Crippen LogP contribution >= 0.6 is 0 Å². The van der Waals surface area contributed by atoms with Gasteiger partial charge in [0.2, 0.25) is 0 Å². The Balaban J connectivity index is 2.93. The van der Waals surface area contributed by atoms with Crippen LogP contribution in [0.4, 0.5) is 0 Å². The summed E-state index contributed by atoms with van der Waals surface area (Å²) in [5.74, 6) is 0. The van der Waals surface area contributed by atoms with Crippen LogP contribution in [0.1, 0.15) is 33.1 Å². The van der Waals surface area contributed by atoms with Crippen LogP contribution in [0.5, 0.6) is 0 Å². The van der Waals surface area contributed by atoms with Crippen LogP contribution in [0.15, 0.2) is 11.0 Å². The third kappa shape index (κ3) is 1.34. The molecule has 0 saturated carbocycles. The van der Waals surface area contributed by atoms with E-state index in [0.717, 1.165) is 12.8 Å². The summed E-state index contributed by atoms with van der Waals surface area (Å²) in [7, 11) is -2.87. The van der Waals surface area contributed by atoms with Gasteiger partial charge in [-0.05, 0) is 19.3 Å². The molecule has 0 bridgehead atoms. The Kier molecular flexibility index (Phi) is 2.37. The van der Waals surface area contributed by atoms with Crippen LogP contribution in [0.25, 0.3) is 0 Å². The molecule has 2 nitrogen and oxygen atoms in total. The van der Waals surface area contributed by atoms with Gasteiger partial charge >= 0.3 is 0 Å². The Morgan fingerprint density at radius 1 is 1.55 bits per heavy atom. The zero-order valence-corrected chi connectivity index (χ0v) is 7.82. The molecular formula is C8H14O2S. The van der Waals surface area contributed by atoms with Gasteiger partial charge in [-0.3, -0.25) is 0 Å². The molecule has 0 spiro atoms. The maximum absolute atomic E-state index is 11.5. The van der Waals surface area contributed by atoms with Crippen molar-refractivity contribution in [2.24, 2.45) is 0 Å². The average molecular weight is 174 g/mol. The Labute approximate surface area is 68.2 Å². The molecule has 1 aliphatic rings. The normalized spacial score (nSPS) is 28.5. The highest BCUT2D eigenvalue weighted by atomic mass is 32.2. The van der Waals surface area contributed by atoms with E-state index in [2.05, 4.69) is 0 Å². The predicted molar refractivity (Wildman–Crippen MR) is 46.0 cm³/mol. The third-order valence-corrected chi connectivity index (χ3v) is 4.81. The molecule has 0 aromatic rings. The van der Waals surface area contributed by atoms with E-state index >= 15 is 0 Å². The second-order valence-corrected chi connectivity index (χ2v) is 5.12. The molecule has 1 atom stereocenters. The van der Waals surface area contributed by atoms with Crippen LogP contribution in [0.3, 0.4) is 0 Å². The lowest BCUT2D eigenvalue weighted by atomic mass is 10.2. The van der Waals surface area contributed by atoms with Crippen LogP contribution in [-0.4, -0.2) is 13.7 Å². The second-order valence-electron chi connectivity index (χ2n) is 2.83. The highest BCUT2D eigenvalue weighted by Crippen LogP contribution is 2.29. The van der Waals surface area contributed by atoms with E-state index in [0.29, 0.717) is 11.3 Å². The average Bonchev–Trinajstić information content (AvgIpc) is 2.24. The molecule has 1 aliphatic heterocycles. The number of hydrogen-bond donors (Lipinski definition) is 0. The van der Waals surface area contributed by atoms with Gasteiger partial charge in [0.15, 0.2) is 9.84 Å². The van der Waals surface area contributed by atoms with E-state index < -0.39 is 9.84 Å². The van der Waals surface area contributed by atoms with Crippen LogP contribution < -0.4 is 0 Å². The first-order valence-electron chi connectivity index (χ1n) is 4.05. The predicted octanol–water partition coefficient (Wildman–Crippen LogP) is 1.88. The Morgan fingerprint density at radius 3 is 2.45 bits per heavy atom. The minimum absolute atomic E-state index is 0.127. The Morgan fingerprint density at radius 2 is 2.18 bits per heavy atom. The van der Waals surface area contributed by atoms with Crippen molar-refractivity contribution in [2.75, 3.05) is 0 Å². The Bertz CT molecular complexity index is 262. The third-order valence-electron chi connectivity index (χ3n) is 2.22. The van der Waals surface area contributed by atoms with Gasteiger partial charge in [0.05, 0.1) is 5.25 Å². The van der Waals surface area contributed by atoms with Gasteiger partial charge in [0.1, 0.15) is 0 Å². The molecule has 3 heteroatoms. The quantitative estimate of drug-likeness (QED) is 0.640. The molecule has 0 aromatic heterocycles. The van der Waals surface area contributed by atoms with Crippen LogP contribution in [0, 0.1) is 0 Å². The van der Waals surface area contributed by atoms with Crippen LogP contribution in [-0.2, 0) is 9.84 Å². The van der Waals surface area contributed by atoms with E-state index in [-0.39, 0.29) is 5.25 Å². The smallest absolute Gasteiger partial charge is 0.177 e. The molecule has 64 valence electrons. The van der Waals surface area contributed by atoms with Crippen molar-refractivity contribution in [3.05, 3.63) is 11.0 Å². The lowest BCUT2D eigenvalue weighted by Crippen LogP contribution is -2.15.